The maximum atomic E-state index is 10.8. The summed E-state index contributed by atoms with van der Waals surface area (Å²) in [5.74, 6) is 0.136. The van der Waals surface area contributed by atoms with Crippen molar-refractivity contribution < 1.29 is 9.53 Å². The molecule has 0 spiro atoms. The summed E-state index contributed by atoms with van der Waals surface area (Å²) >= 11 is 0. The summed E-state index contributed by atoms with van der Waals surface area (Å²) in [5, 5.41) is 0. The van der Waals surface area contributed by atoms with Crippen LogP contribution in [0.15, 0.2) is 24.3 Å². The van der Waals surface area contributed by atoms with Crippen LogP contribution in [0.2, 0.25) is 0 Å². The van der Waals surface area contributed by atoms with Gasteiger partial charge < -0.3 is 10.5 Å². The van der Waals surface area contributed by atoms with E-state index in [-0.39, 0.29) is 6.54 Å². The Morgan fingerprint density at radius 1 is 1.38 bits per heavy atom. The van der Waals surface area contributed by atoms with Crippen LogP contribution >= 0.6 is 0 Å². The summed E-state index contributed by atoms with van der Waals surface area (Å²) < 4.78 is 4.90. The van der Waals surface area contributed by atoms with Gasteiger partial charge in [0.15, 0.2) is 0 Å². The Morgan fingerprint density at radius 2 is 2.00 bits per heavy atom. The van der Waals surface area contributed by atoms with Crippen LogP contribution in [0.1, 0.15) is 12.5 Å². The highest BCUT2D eigenvalue weighted by atomic mass is 16.5. The van der Waals surface area contributed by atoms with Crippen molar-refractivity contribution in [3.05, 3.63) is 29.8 Å². The second-order valence-corrected chi connectivity index (χ2v) is 2.68. The number of hydrogen-bond donors (Lipinski definition) is 1. The van der Waals surface area contributed by atoms with Crippen LogP contribution in [0.3, 0.4) is 0 Å². The van der Waals surface area contributed by atoms with Crippen LogP contribution in [0.5, 0.6) is 5.75 Å². The molecular weight excluding hydrogens is 166 g/mol. The molecule has 0 aliphatic rings. The summed E-state index contributed by atoms with van der Waals surface area (Å²) in [6.07, 6.45) is 0.977. The van der Waals surface area contributed by atoms with Gasteiger partial charge in [-0.05, 0) is 24.1 Å². The highest BCUT2D eigenvalue weighted by Gasteiger charge is 2.00. The van der Waals surface area contributed by atoms with Crippen LogP contribution < -0.4 is 10.5 Å². The molecule has 0 heterocycles. The fraction of sp³-hybridized carbons (Fsp3) is 0.300. The quantitative estimate of drug-likeness (QED) is 0.558. The van der Waals surface area contributed by atoms with Crippen molar-refractivity contribution in [2.24, 2.45) is 5.73 Å². The molecule has 3 heteroatoms. The number of benzene rings is 1. The number of rotatable bonds is 3. The van der Waals surface area contributed by atoms with Gasteiger partial charge in [0, 0.05) is 0 Å². The Morgan fingerprint density at radius 3 is 2.46 bits per heavy atom. The maximum absolute atomic E-state index is 10.8. The van der Waals surface area contributed by atoms with Crippen molar-refractivity contribution in [3.8, 4) is 5.75 Å². The Hall–Kier alpha value is -1.35. The number of nitrogens with two attached hydrogens (primary N) is 1. The van der Waals surface area contributed by atoms with Gasteiger partial charge >= 0.3 is 5.97 Å². The smallest absolute Gasteiger partial charge is 0.325 e. The van der Waals surface area contributed by atoms with Crippen molar-refractivity contribution >= 4 is 5.97 Å². The lowest BCUT2D eigenvalue weighted by Gasteiger charge is -2.02. The third-order valence-electron chi connectivity index (χ3n) is 1.73. The molecule has 0 atom stereocenters. The van der Waals surface area contributed by atoms with Crippen molar-refractivity contribution in [1.29, 1.82) is 0 Å². The number of ether oxygens (including phenoxy) is 1. The predicted octanol–water partition coefficient (Wildman–Crippen LogP) is 1.11. The Kier molecular flexibility index (Phi) is 3.46. The summed E-state index contributed by atoms with van der Waals surface area (Å²) in [6.45, 7) is 1.98. The summed E-state index contributed by atoms with van der Waals surface area (Å²) in [4.78, 5) is 10.8. The number of aryl methyl sites for hydroxylation is 1. The third kappa shape index (κ3) is 2.87. The van der Waals surface area contributed by atoms with Crippen molar-refractivity contribution in [3.63, 3.8) is 0 Å². The van der Waals surface area contributed by atoms with Gasteiger partial charge in [-0.25, -0.2) is 0 Å². The lowest BCUT2D eigenvalue weighted by Crippen LogP contribution is -2.19. The zero-order valence-corrected chi connectivity index (χ0v) is 7.62. The molecule has 1 aromatic carbocycles. The minimum Gasteiger partial charge on any atom is -0.426 e. The molecule has 0 aliphatic carbocycles. The molecule has 3 nitrogen and oxygen atoms in total. The molecule has 0 fully saturated rings. The number of carbonyl (C=O) groups excluding carboxylic acids is 1. The zero-order chi connectivity index (χ0) is 9.68. The van der Waals surface area contributed by atoms with Gasteiger partial charge in [0.25, 0.3) is 0 Å². The molecule has 0 saturated heterocycles. The Bertz CT molecular complexity index is 279. The SMILES string of the molecule is CCc1ccc(OC(=O)CN)cc1. The second kappa shape index (κ2) is 4.62. The molecule has 2 N–H and O–H groups in total. The van der Waals surface area contributed by atoms with E-state index < -0.39 is 5.97 Å². The van der Waals surface area contributed by atoms with Gasteiger partial charge in [0.2, 0.25) is 0 Å². The maximum Gasteiger partial charge on any atom is 0.325 e. The highest BCUT2D eigenvalue weighted by Crippen LogP contribution is 2.12. The molecule has 0 unspecified atom stereocenters. The lowest BCUT2D eigenvalue weighted by molar-refractivity contribution is -0.132. The molecule has 0 amide bonds. The Labute approximate surface area is 77.5 Å². The van der Waals surface area contributed by atoms with E-state index in [4.69, 9.17) is 10.5 Å². The molecule has 13 heavy (non-hydrogen) atoms. The lowest BCUT2D eigenvalue weighted by atomic mass is 10.2. The van der Waals surface area contributed by atoms with Crippen LogP contribution in [-0.2, 0) is 11.2 Å². The summed E-state index contributed by atoms with van der Waals surface area (Å²) in [7, 11) is 0. The molecule has 70 valence electrons. The summed E-state index contributed by atoms with van der Waals surface area (Å²) in [6, 6.07) is 7.40. The third-order valence-corrected chi connectivity index (χ3v) is 1.73. The number of hydrogen-bond acceptors (Lipinski definition) is 3. The standard InChI is InChI=1S/C10H13NO2/c1-2-8-3-5-9(6-4-8)13-10(12)7-11/h3-6H,2,7,11H2,1H3. The first kappa shape index (κ1) is 9.74. The average Bonchev–Trinajstić information content (AvgIpc) is 2.19. The predicted molar refractivity (Wildman–Crippen MR) is 50.5 cm³/mol. The fourth-order valence-corrected chi connectivity index (χ4v) is 0.966. The topological polar surface area (TPSA) is 52.3 Å². The van der Waals surface area contributed by atoms with E-state index in [1.165, 1.54) is 5.56 Å². The van der Waals surface area contributed by atoms with E-state index in [1.807, 2.05) is 12.1 Å². The number of carbonyl (C=O) groups is 1. The normalized spacial score (nSPS) is 9.69. The highest BCUT2D eigenvalue weighted by molar-refractivity contribution is 5.74. The van der Waals surface area contributed by atoms with Crippen LogP contribution in [0, 0.1) is 0 Å². The average molecular weight is 179 g/mol. The fourth-order valence-electron chi connectivity index (χ4n) is 0.966. The van der Waals surface area contributed by atoms with Crippen molar-refractivity contribution in [2.45, 2.75) is 13.3 Å². The van der Waals surface area contributed by atoms with E-state index in [9.17, 15) is 4.79 Å². The van der Waals surface area contributed by atoms with E-state index in [0.29, 0.717) is 5.75 Å². The van der Waals surface area contributed by atoms with Crippen LogP contribution in [-0.4, -0.2) is 12.5 Å². The zero-order valence-electron chi connectivity index (χ0n) is 7.62. The largest absolute Gasteiger partial charge is 0.426 e. The first-order valence-electron chi connectivity index (χ1n) is 4.26. The molecule has 0 radical (unpaired) electrons. The van der Waals surface area contributed by atoms with Crippen molar-refractivity contribution in [2.75, 3.05) is 6.54 Å². The molecule has 0 aromatic heterocycles. The first-order chi connectivity index (χ1) is 6.26. The van der Waals surface area contributed by atoms with E-state index >= 15 is 0 Å². The molecule has 1 aromatic rings. The van der Waals surface area contributed by atoms with E-state index in [2.05, 4.69) is 6.92 Å². The van der Waals surface area contributed by atoms with Gasteiger partial charge in [-0.2, -0.15) is 0 Å². The molecule has 1 rings (SSSR count). The van der Waals surface area contributed by atoms with Gasteiger partial charge in [0.1, 0.15) is 5.75 Å². The van der Waals surface area contributed by atoms with Crippen LogP contribution in [0.4, 0.5) is 0 Å². The Balaban J connectivity index is 2.64. The van der Waals surface area contributed by atoms with Crippen LogP contribution in [0.25, 0.3) is 0 Å². The first-order valence-corrected chi connectivity index (χ1v) is 4.26. The van der Waals surface area contributed by atoms with E-state index in [1.54, 1.807) is 12.1 Å². The molecule has 0 bridgehead atoms. The monoisotopic (exact) mass is 179 g/mol. The molecule has 0 saturated carbocycles. The molecule has 0 aliphatic heterocycles. The molecular formula is C10H13NO2. The van der Waals surface area contributed by atoms with Crippen molar-refractivity contribution in [1.82, 2.24) is 0 Å². The van der Waals surface area contributed by atoms with Gasteiger partial charge in [-0.3, -0.25) is 4.79 Å². The second-order valence-electron chi connectivity index (χ2n) is 2.68. The van der Waals surface area contributed by atoms with Gasteiger partial charge in [-0.1, -0.05) is 19.1 Å². The van der Waals surface area contributed by atoms with Gasteiger partial charge in [0.05, 0.1) is 6.54 Å². The van der Waals surface area contributed by atoms with E-state index in [0.717, 1.165) is 6.42 Å². The van der Waals surface area contributed by atoms with Gasteiger partial charge in [-0.15, -0.1) is 0 Å². The summed E-state index contributed by atoms with van der Waals surface area (Å²) in [5.41, 5.74) is 6.32. The minimum atomic E-state index is -0.413. The minimum absolute atomic E-state index is 0.0878. The number of esters is 1.